The van der Waals surface area contributed by atoms with Crippen LogP contribution in [0.4, 0.5) is 5.69 Å². The average molecular weight is 516 g/mol. The Labute approximate surface area is 216 Å². The molecule has 0 aliphatic carbocycles. The van der Waals surface area contributed by atoms with Crippen LogP contribution in [0.15, 0.2) is 48.5 Å². The number of hydrogen-bond acceptors (Lipinski definition) is 4. The van der Waals surface area contributed by atoms with E-state index in [4.69, 9.17) is 0 Å². The molecule has 2 rings (SSSR count). The summed E-state index contributed by atoms with van der Waals surface area (Å²) in [6, 6.07) is 14.2. The number of amides is 2. The van der Waals surface area contributed by atoms with E-state index in [9.17, 15) is 18.0 Å². The summed E-state index contributed by atoms with van der Waals surface area (Å²) >= 11 is 0. The van der Waals surface area contributed by atoms with E-state index in [0.29, 0.717) is 24.6 Å². The van der Waals surface area contributed by atoms with Crippen LogP contribution >= 0.6 is 0 Å². The smallest absolute Gasteiger partial charge is 0.244 e. The minimum absolute atomic E-state index is 0.217. The molecule has 0 saturated heterocycles. The third-order valence-corrected chi connectivity index (χ3v) is 7.48. The second kappa shape index (κ2) is 13.4. The molecule has 0 unspecified atom stereocenters. The first-order chi connectivity index (χ1) is 17.0. The first-order valence-electron chi connectivity index (χ1n) is 12.7. The van der Waals surface area contributed by atoms with E-state index >= 15 is 0 Å². The van der Waals surface area contributed by atoms with E-state index in [1.807, 2.05) is 57.2 Å². The van der Waals surface area contributed by atoms with Crippen molar-refractivity contribution in [3.05, 3.63) is 65.2 Å². The molecule has 0 aromatic heterocycles. The van der Waals surface area contributed by atoms with Crippen LogP contribution in [0.25, 0.3) is 0 Å². The summed E-state index contributed by atoms with van der Waals surface area (Å²) in [5.74, 6) is -0.345. The first-order valence-corrected chi connectivity index (χ1v) is 14.5. The molecule has 0 spiro atoms. The molecule has 0 radical (unpaired) electrons. The van der Waals surface area contributed by atoms with Crippen LogP contribution in [0.1, 0.15) is 69.6 Å². The number of benzene rings is 2. The highest BCUT2D eigenvalue weighted by Crippen LogP contribution is 2.23. The van der Waals surface area contributed by atoms with Crippen LogP contribution in [0, 0.1) is 6.92 Å². The van der Waals surface area contributed by atoms with Crippen LogP contribution in [0.5, 0.6) is 0 Å². The van der Waals surface area contributed by atoms with Crippen molar-refractivity contribution in [2.75, 3.05) is 23.7 Å². The van der Waals surface area contributed by atoms with Gasteiger partial charge >= 0.3 is 0 Å². The van der Waals surface area contributed by atoms with E-state index in [0.717, 1.165) is 40.1 Å². The molecule has 2 aromatic carbocycles. The molecule has 2 amide bonds. The lowest BCUT2D eigenvalue weighted by molar-refractivity contribution is -0.140. The number of hydrogen-bond donors (Lipinski definition) is 1. The summed E-state index contributed by atoms with van der Waals surface area (Å²) in [6.07, 6.45) is 3.30. The first kappa shape index (κ1) is 29.4. The maximum atomic E-state index is 13.7. The van der Waals surface area contributed by atoms with E-state index in [-0.39, 0.29) is 19.0 Å². The number of nitrogens with zero attached hydrogens (tertiary/aromatic N) is 2. The fourth-order valence-corrected chi connectivity index (χ4v) is 4.89. The van der Waals surface area contributed by atoms with Crippen molar-refractivity contribution in [2.45, 2.75) is 72.4 Å². The van der Waals surface area contributed by atoms with Gasteiger partial charge in [-0.05, 0) is 54.5 Å². The highest BCUT2D eigenvalue weighted by atomic mass is 32.2. The summed E-state index contributed by atoms with van der Waals surface area (Å²) in [6.45, 7) is 10.4. The molecule has 0 aliphatic heterocycles. The van der Waals surface area contributed by atoms with E-state index in [1.165, 1.54) is 4.90 Å². The van der Waals surface area contributed by atoms with Gasteiger partial charge in [0.25, 0.3) is 0 Å². The highest BCUT2D eigenvalue weighted by Gasteiger charge is 2.31. The van der Waals surface area contributed by atoms with E-state index in [1.54, 1.807) is 12.1 Å². The maximum Gasteiger partial charge on any atom is 0.244 e. The topological polar surface area (TPSA) is 86.8 Å². The van der Waals surface area contributed by atoms with Crippen LogP contribution in [0.2, 0.25) is 0 Å². The molecular weight excluding hydrogens is 474 g/mol. The van der Waals surface area contributed by atoms with Gasteiger partial charge in [-0.3, -0.25) is 13.9 Å². The predicted molar refractivity (Wildman–Crippen MR) is 146 cm³/mol. The van der Waals surface area contributed by atoms with Crippen molar-refractivity contribution in [3.63, 3.8) is 0 Å². The Balaban J connectivity index is 2.41. The number of carbonyl (C=O) groups is 2. The fourth-order valence-electron chi connectivity index (χ4n) is 4.04. The van der Waals surface area contributed by atoms with Crippen molar-refractivity contribution in [1.82, 2.24) is 10.2 Å². The summed E-state index contributed by atoms with van der Waals surface area (Å²) in [4.78, 5) is 28.3. The van der Waals surface area contributed by atoms with Gasteiger partial charge in [-0.25, -0.2) is 8.42 Å². The maximum absolute atomic E-state index is 13.7. The Morgan fingerprint density at radius 1 is 1.00 bits per heavy atom. The molecule has 198 valence electrons. The summed E-state index contributed by atoms with van der Waals surface area (Å²) < 4.78 is 26.6. The number of nitrogens with one attached hydrogen (secondary N) is 1. The molecular formula is C28H41N3O4S. The highest BCUT2D eigenvalue weighted by molar-refractivity contribution is 7.92. The monoisotopic (exact) mass is 515 g/mol. The summed E-state index contributed by atoms with van der Waals surface area (Å²) in [5, 5.41) is 2.94. The Hall–Kier alpha value is -2.87. The Bertz CT molecular complexity index is 1110. The lowest BCUT2D eigenvalue weighted by atomic mass is 10.0. The number of sulfonamides is 1. The lowest BCUT2D eigenvalue weighted by Gasteiger charge is -2.33. The van der Waals surface area contributed by atoms with Crippen molar-refractivity contribution in [3.8, 4) is 0 Å². The number of carbonyl (C=O) groups excluding carboxylic acids is 2. The molecule has 1 atom stereocenters. The van der Waals surface area contributed by atoms with Crippen molar-refractivity contribution < 1.29 is 18.0 Å². The van der Waals surface area contributed by atoms with Crippen LogP contribution < -0.4 is 9.62 Å². The standard InChI is InChI=1S/C28H41N3O4S/c1-7-9-18-29-28(33)26(8-2)30(19-24-13-11-10-12-22(24)5)27(32)20-31(36(6,34)35)25-16-14-23(15-17-25)21(3)4/h10-17,21,26H,7-9,18-20H2,1-6H3,(H,29,33)/t26-/m0/s1. The van der Waals surface area contributed by atoms with Gasteiger partial charge in [0.1, 0.15) is 12.6 Å². The molecule has 1 N–H and O–H groups in total. The summed E-state index contributed by atoms with van der Waals surface area (Å²) in [7, 11) is -3.75. The van der Waals surface area contributed by atoms with Gasteiger partial charge < -0.3 is 10.2 Å². The average Bonchev–Trinajstić information content (AvgIpc) is 2.83. The molecule has 8 heteroatoms. The molecule has 0 heterocycles. The molecule has 7 nitrogen and oxygen atoms in total. The molecule has 0 aliphatic rings. The van der Waals surface area contributed by atoms with Crippen LogP contribution in [-0.4, -0.2) is 50.5 Å². The molecule has 0 saturated carbocycles. The Morgan fingerprint density at radius 3 is 2.17 bits per heavy atom. The fraction of sp³-hybridized carbons (Fsp3) is 0.500. The van der Waals surface area contributed by atoms with Gasteiger partial charge in [-0.15, -0.1) is 0 Å². The lowest BCUT2D eigenvalue weighted by Crippen LogP contribution is -2.52. The predicted octanol–water partition coefficient (Wildman–Crippen LogP) is 4.61. The zero-order chi connectivity index (χ0) is 26.9. The normalized spacial score (nSPS) is 12.3. The van der Waals surface area contributed by atoms with E-state index < -0.39 is 22.0 Å². The van der Waals surface area contributed by atoms with Gasteiger partial charge in [-0.2, -0.15) is 0 Å². The second-order valence-corrected chi connectivity index (χ2v) is 11.4. The van der Waals surface area contributed by atoms with Gasteiger partial charge in [0.05, 0.1) is 11.9 Å². The van der Waals surface area contributed by atoms with Crippen LogP contribution in [0.3, 0.4) is 0 Å². The van der Waals surface area contributed by atoms with Gasteiger partial charge in [0, 0.05) is 13.1 Å². The SMILES string of the molecule is CCCCNC(=O)[C@H](CC)N(Cc1ccccc1C)C(=O)CN(c1ccc(C(C)C)cc1)S(C)(=O)=O. The third kappa shape index (κ3) is 8.08. The number of anilines is 1. The third-order valence-electron chi connectivity index (χ3n) is 6.34. The summed E-state index contributed by atoms with van der Waals surface area (Å²) in [5.41, 5.74) is 3.42. The van der Waals surface area contributed by atoms with Gasteiger partial charge in [0.2, 0.25) is 21.8 Å². The minimum atomic E-state index is -3.75. The molecule has 36 heavy (non-hydrogen) atoms. The number of unbranched alkanes of at least 4 members (excludes halogenated alkanes) is 1. The largest absolute Gasteiger partial charge is 0.354 e. The number of rotatable bonds is 13. The van der Waals surface area contributed by atoms with Crippen molar-refractivity contribution in [1.29, 1.82) is 0 Å². The van der Waals surface area contributed by atoms with Gasteiger partial charge in [-0.1, -0.05) is 70.5 Å². The molecule has 2 aromatic rings. The molecule has 0 fully saturated rings. The number of aryl methyl sites for hydroxylation is 1. The Morgan fingerprint density at radius 2 is 1.64 bits per heavy atom. The minimum Gasteiger partial charge on any atom is -0.354 e. The van der Waals surface area contributed by atoms with Crippen molar-refractivity contribution >= 4 is 27.5 Å². The Kier molecular flexibility index (Phi) is 11.0. The zero-order valence-electron chi connectivity index (χ0n) is 22.5. The zero-order valence-corrected chi connectivity index (χ0v) is 23.3. The van der Waals surface area contributed by atoms with Gasteiger partial charge in [0.15, 0.2) is 0 Å². The van der Waals surface area contributed by atoms with Crippen LogP contribution in [-0.2, 0) is 26.2 Å². The quantitative estimate of drug-likeness (QED) is 0.395. The molecule has 0 bridgehead atoms. The van der Waals surface area contributed by atoms with E-state index in [2.05, 4.69) is 19.2 Å². The second-order valence-electron chi connectivity index (χ2n) is 9.53. The van der Waals surface area contributed by atoms with Crippen molar-refractivity contribution in [2.24, 2.45) is 0 Å².